The summed E-state index contributed by atoms with van der Waals surface area (Å²) in [5, 5.41) is 17.0. The molecule has 0 aliphatic heterocycles. The van der Waals surface area contributed by atoms with Gasteiger partial charge in [0, 0.05) is 41.5 Å². The number of aryl methyl sites for hydroxylation is 1. The molecule has 0 spiro atoms. The first kappa shape index (κ1) is 31.6. The molecule has 0 aliphatic carbocycles. The zero-order chi connectivity index (χ0) is 32.5. The maximum absolute atomic E-state index is 14.1. The van der Waals surface area contributed by atoms with Crippen molar-refractivity contribution in [2.45, 2.75) is 58.5 Å². The number of benzene rings is 3. The van der Waals surface area contributed by atoms with Crippen LogP contribution in [0.1, 0.15) is 32.9 Å². The van der Waals surface area contributed by atoms with Crippen molar-refractivity contribution in [1.82, 2.24) is 19.3 Å². The lowest BCUT2D eigenvalue weighted by Crippen LogP contribution is -2.41. The van der Waals surface area contributed by atoms with Crippen LogP contribution < -0.4 is 0 Å². The second-order valence-corrected chi connectivity index (χ2v) is 18.0. The molecule has 6 nitrogen and oxygen atoms in total. The minimum absolute atomic E-state index is 0.124. The van der Waals surface area contributed by atoms with Crippen molar-refractivity contribution in [1.29, 1.82) is 0 Å². The van der Waals surface area contributed by atoms with Crippen LogP contribution in [0.25, 0.3) is 50.4 Å². The highest BCUT2D eigenvalue weighted by atomic mass is 28.4. The average Bonchev–Trinajstić information content (AvgIpc) is 3.62. The van der Waals surface area contributed by atoms with Crippen LogP contribution in [0, 0.1) is 5.82 Å². The van der Waals surface area contributed by atoms with Gasteiger partial charge in [0.25, 0.3) is 0 Å². The standard InChI is InChI=1S/C38H41FN4O2Si/c1-38(2,3)46(4,5)45-24-12-23-42-34(26-44)35(28-17-19-29(39)20-18-28)36(41-42)31-21-22-40-37-32(31)25-33(27-13-8-6-9-14-27)43(37)30-15-10-7-11-16-30/h6-11,13-22,25,44H,12,23-24,26H2,1-5H3. The van der Waals surface area contributed by atoms with Gasteiger partial charge in [-0.05, 0) is 72.1 Å². The second kappa shape index (κ2) is 12.8. The molecule has 0 saturated heterocycles. The Kier molecular flexibility index (Phi) is 8.79. The molecule has 0 radical (unpaired) electrons. The summed E-state index contributed by atoms with van der Waals surface area (Å²) in [6.45, 7) is 12.2. The van der Waals surface area contributed by atoms with E-state index in [1.165, 1.54) is 12.1 Å². The molecule has 0 unspecified atom stereocenters. The summed E-state index contributed by atoms with van der Waals surface area (Å²) in [6, 6.07) is 31.0. The summed E-state index contributed by atoms with van der Waals surface area (Å²) in [6.07, 6.45) is 2.56. The van der Waals surface area contributed by atoms with E-state index in [0.717, 1.165) is 56.8 Å². The number of aliphatic hydroxyl groups is 1. The van der Waals surface area contributed by atoms with Crippen LogP contribution in [0.3, 0.4) is 0 Å². The Bertz CT molecular complexity index is 1940. The fourth-order valence-corrected chi connectivity index (χ4v) is 6.76. The van der Waals surface area contributed by atoms with E-state index in [0.29, 0.717) is 18.8 Å². The summed E-state index contributed by atoms with van der Waals surface area (Å²) in [5.41, 5.74) is 7.75. The van der Waals surface area contributed by atoms with Crippen LogP contribution in [0.2, 0.25) is 18.1 Å². The van der Waals surface area contributed by atoms with Gasteiger partial charge in [-0.15, -0.1) is 0 Å². The molecule has 3 aromatic heterocycles. The lowest BCUT2D eigenvalue weighted by molar-refractivity contribution is 0.254. The van der Waals surface area contributed by atoms with Crippen LogP contribution in [0.15, 0.2) is 103 Å². The first-order valence-corrected chi connectivity index (χ1v) is 18.7. The van der Waals surface area contributed by atoms with E-state index in [9.17, 15) is 9.50 Å². The topological polar surface area (TPSA) is 65.1 Å². The van der Waals surface area contributed by atoms with Crippen molar-refractivity contribution < 1.29 is 13.9 Å². The molecule has 3 heterocycles. The van der Waals surface area contributed by atoms with Crippen LogP contribution in [-0.2, 0) is 17.6 Å². The minimum Gasteiger partial charge on any atom is -0.417 e. The van der Waals surface area contributed by atoms with Gasteiger partial charge in [-0.3, -0.25) is 9.25 Å². The van der Waals surface area contributed by atoms with Crippen molar-refractivity contribution in [2.75, 3.05) is 6.61 Å². The molecule has 0 fully saturated rings. The molecule has 0 bridgehead atoms. The van der Waals surface area contributed by atoms with Crippen molar-refractivity contribution in [3.05, 3.63) is 115 Å². The molecule has 0 amide bonds. The molecular weight excluding hydrogens is 592 g/mol. The quantitative estimate of drug-likeness (QED) is 0.121. The fourth-order valence-electron chi connectivity index (χ4n) is 5.67. The monoisotopic (exact) mass is 632 g/mol. The Hall–Kier alpha value is -4.37. The molecule has 6 rings (SSSR count). The molecule has 6 aromatic rings. The van der Waals surface area contributed by atoms with Crippen molar-refractivity contribution in [3.8, 4) is 39.3 Å². The summed E-state index contributed by atoms with van der Waals surface area (Å²) >= 11 is 0. The molecule has 0 atom stereocenters. The van der Waals surface area contributed by atoms with Crippen LogP contribution >= 0.6 is 0 Å². The number of nitrogens with zero attached hydrogens (tertiary/aromatic N) is 4. The summed E-state index contributed by atoms with van der Waals surface area (Å²) < 4.78 is 24.6. The third-order valence-corrected chi connectivity index (χ3v) is 13.7. The summed E-state index contributed by atoms with van der Waals surface area (Å²) in [7, 11) is -1.89. The smallest absolute Gasteiger partial charge is 0.191 e. The van der Waals surface area contributed by atoms with Gasteiger partial charge in [0.05, 0.1) is 18.0 Å². The molecule has 0 saturated carbocycles. The number of hydrogen-bond donors (Lipinski definition) is 1. The molecule has 0 aliphatic rings. The van der Waals surface area contributed by atoms with Gasteiger partial charge in [-0.25, -0.2) is 9.37 Å². The van der Waals surface area contributed by atoms with E-state index < -0.39 is 8.32 Å². The number of pyridine rings is 1. The molecular formula is C38H41FN4O2Si. The Balaban J connectivity index is 1.50. The van der Waals surface area contributed by atoms with Crippen molar-refractivity contribution >= 4 is 19.4 Å². The lowest BCUT2D eigenvalue weighted by Gasteiger charge is -2.36. The Labute approximate surface area is 271 Å². The Morgan fingerprint density at radius 2 is 1.54 bits per heavy atom. The Morgan fingerprint density at radius 1 is 0.870 bits per heavy atom. The zero-order valence-electron chi connectivity index (χ0n) is 27.2. The highest BCUT2D eigenvalue weighted by molar-refractivity contribution is 6.74. The molecule has 8 heteroatoms. The van der Waals surface area contributed by atoms with Crippen LogP contribution in [0.5, 0.6) is 0 Å². The molecule has 3 aromatic carbocycles. The summed E-state index contributed by atoms with van der Waals surface area (Å²) in [5.74, 6) is -0.315. The highest BCUT2D eigenvalue weighted by Gasteiger charge is 2.37. The first-order valence-electron chi connectivity index (χ1n) is 15.8. The number of hydrogen-bond acceptors (Lipinski definition) is 4. The SMILES string of the molecule is CC(C)(C)[Si](C)(C)OCCCn1nc(-c2ccnc3c2cc(-c2ccccc2)n3-c2ccccc2)c(-c2ccc(F)cc2)c1CO. The summed E-state index contributed by atoms with van der Waals surface area (Å²) in [4.78, 5) is 4.87. The average molecular weight is 633 g/mol. The number of halogens is 1. The van der Waals surface area contributed by atoms with Gasteiger partial charge in [-0.1, -0.05) is 81.4 Å². The predicted octanol–water partition coefficient (Wildman–Crippen LogP) is 9.27. The van der Waals surface area contributed by atoms with Gasteiger partial charge in [-0.2, -0.15) is 5.10 Å². The van der Waals surface area contributed by atoms with Gasteiger partial charge in [0.15, 0.2) is 8.32 Å². The van der Waals surface area contributed by atoms with Gasteiger partial charge in [0.2, 0.25) is 0 Å². The van der Waals surface area contributed by atoms with Gasteiger partial charge < -0.3 is 9.53 Å². The van der Waals surface area contributed by atoms with E-state index in [-0.39, 0.29) is 17.5 Å². The van der Waals surface area contributed by atoms with Crippen molar-refractivity contribution in [3.63, 3.8) is 0 Å². The highest BCUT2D eigenvalue weighted by Crippen LogP contribution is 2.41. The number of para-hydroxylation sites is 1. The van der Waals surface area contributed by atoms with Gasteiger partial charge in [0.1, 0.15) is 17.2 Å². The number of aromatic nitrogens is 4. The first-order chi connectivity index (χ1) is 22.1. The predicted molar refractivity (Wildman–Crippen MR) is 187 cm³/mol. The number of aliphatic hydroxyl groups excluding tert-OH is 1. The maximum Gasteiger partial charge on any atom is 0.191 e. The minimum atomic E-state index is -1.89. The maximum atomic E-state index is 14.1. The largest absolute Gasteiger partial charge is 0.417 e. The van der Waals surface area contributed by atoms with Crippen LogP contribution in [-0.4, -0.2) is 39.4 Å². The van der Waals surface area contributed by atoms with Crippen LogP contribution in [0.4, 0.5) is 4.39 Å². The van der Waals surface area contributed by atoms with Gasteiger partial charge >= 0.3 is 0 Å². The zero-order valence-corrected chi connectivity index (χ0v) is 28.2. The fraction of sp³-hybridized carbons (Fsp3) is 0.263. The van der Waals surface area contributed by atoms with E-state index >= 15 is 0 Å². The van der Waals surface area contributed by atoms with E-state index in [1.807, 2.05) is 53.3 Å². The number of rotatable bonds is 10. The molecule has 236 valence electrons. The molecule has 1 N–H and O–H groups in total. The normalized spacial score (nSPS) is 12.2. The number of fused-ring (bicyclic) bond motifs is 1. The third-order valence-electron chi connectivity index (χ3n) is 9.17. The van der Waals surface area contributed by atoms with Crippen molar-refractivity contribution in [2.24, 2.45) is 0 Å². The lowest BCUT2D eigenvalue weighted by atomic mass is 9.97. The Morgan fingerprint density at radius 3 is 2.20 bits per heavy atom. The third kappa shape index (κ3) is 6.08. The van der Waals surface area contributed by atoms with E-state index in [4.69, 9.17) is 14.5 Å². The second-order valence-electron chi connectivity index (χ2n) is 13.2. The van der Waals surface area contributed by atoms with E-state index in [2.05, 4.69) is 68.8 Å². The molecule has 46 heavy (non-hydrogen) atoms. The van der Waals surface area contributed by atoms with E-state index in [1.54, 1.807) is 12.1 Å².